The molecule has 4 aromatic rings. The van der Waals surface area contributed by atoms with Crippen LogP contribution in [0.3, 0.4) is 0 Å². The van der Waals surface area contributed by atoms with E-state index in [2.05, 4.69) is 45.3 Å². The molecule has 1 fully saturated rings. The zero-order valence-electron chi connectivity index (χ0n) is 19.9. The van der Waals surface area contributed by atoms with Crippen LogP contribution in [0, 0.1) is 5.82 Å². The number of amides is 1. The lowest BCUT2D eigenvalue weighted by molar-refractivity contribution is 0.102. The van der Waals surface area contributed by atoms with E-state index in [-0.39, 0.29) is 5.56 Å². The van der Waals surface area contributed by atoms with Crippen LogP contribution in [0.15, 0.2) is 72.8 Å². The maximum Gasteiger partial charge on any atom is 0.258 e. The smallest absolute Gasteiger partial charge is 0.258 e. The fraction of sp³-hybridized carbons (Fsp3) is 0.286. The molecule has 1 amide bonds. The summed E-state index contributed by atoms with van der Waals surface area (Å²) >= 11 is 0. The van der Waals surface area contributed by atoms with Crippen LogP contribution in [0.5, 0.6) is 0 Å². The molecule has 0 bridgehead atoms. The Morgan fingerprint density at radius 1 is 1.00 bits per heavy atom. The Labute approximate surface area is 204 Å². The van der Waals surface area contributed by atoms with E-state index >= 15 is 0 Å². The second kappa shape index (κ2) is 10.3. The lowest BCUT2D eigenvalue weighted by Crippen LogP contribution is -2.43. The molecule has 0 aliphatic carbocycles. The van der Waals surface area contributed by atoms with Crippen molar-refractivity contribution in [3.8, 4) is 0 Å². The highest BCUT2D eigenvalue weighted by Crippen LogP contribution is 2.23. The molecule has 0 saturated carbocycles. The Bertz CT molecular complexity index is 1310. The number of imidazole rings is 1. The molecule has 1 saturated heterocycles. The largest absolute Gasteiger partial charge is 0.371 e. The highest BCUT2D eigenvalue weighted by molar-refractivity contribution is 6.04. The fourth-order valence-corrected chi connectivity index (χ4v) is 4.75. The predicted octanol–water partition coefficient (Wildman–Crippen LogP) is 4.77. The fourth-order valence-electron chi connectivity index (χ4n) is 4.75. The predicted molar refractivity (Wildman–Crippen MR) is 138 cm³/mol. The van der Waals surface area contributed by atoms with E-state index in [1.165, 1.54) is 17.6 Å². The first kappa shape index (κ1) is 23.1. The van der Waals surface area contributed by atoms with Crippen molar-refractivity contribution in [2.45, 2.75) is 25.3 Å². The summed E-state index contributed by atoms with van der Waals surface area (Å²) in [6.07, 6.45) is 3.06. The molecule has 35 heavy (non-hydrogen) atoms. The van der Waals surface area contributed by atoms with Crippen molar-refractivity contribution in [1.82, 2.24) is 14.9 Å². The van der Waals surface area contributed by atoms with Crippen LogP contribution in [0.2, 0.25) is 0 Å². The van der Waals surface area contributed by atoms with Crippen LogP contribution in [-0.4, -0.2) is 41.1 Å². The lowest BCUT2D eigenvalue weighted by Gasteiger charge is -2.34. The molecular weight excluding hydrogens is 441 g/mol. The summed E-state index contributed by atoms with van der Waals surface area (Å²) in [5.41, 5.74) is 4.06. The maximum atomic E-state index is 13.8. The van der Waals surface area contributed by atoms with Crippen molar-refractivity contribution in [1.29, 1.82) is 0 Å². The van der Waals surface area contributed by atoms with Crippen LogP contribution < -0.4 is 15.5 Å². The molecule has 0 radical (unpaired) electrons. The molecule has 2 N–H and O–H groups in total. The summed E-state index contributed by atoms with van der Waals surface area (Å²) in [6.45, 7) is 2.87. The topological polar surface area (TPSA) is 62.2 Å². The summed E-state index contributed by atoms with van der Waals surface area (Å²) in [7, 11) is 2.08. The zero-order valence-corrected chi connectivity index (χ0v) is 19.9. The SMILES string of the molecule is Cn1c(CCNC2CCN(c3ccc(NC(=O)c4ccccc4F)cc3)CC2)nc2ccccc21. The third-order valence-electron chi connectivity index (χ3n) is 6.77. The quantitative estimate of drug-likeness (QED) is 0.408. The van der Waals surface area contributed by atoms with Gasteiger partial charge >= 0.3 is 0 Å². The molecule has 1 aliphatic heterocycles. The van der Waals surface area contributed by atoms with Crippen molar-refractivity contribution in [2.24, 2.45) is 7.05 Å². The second-order valence-corrected chi connectivity index (χ2v) is 9.02. The number of benzene rings is 3. The van der Waals surface area contributed by atoms with Crippen LogP contribution in [-0.2, 0) is 13.5 Å². The summed E-state index contributed by atoms with van der Waals surface area (Å²) in [5, 5.41) is 6.48. The monoisotopic (exact) mass is 471 g/mol. The number of nitrogens with one attached hydrogen (secondary N) is 2. The third-order valence-corrected chi connectivity index (χ3v) is 6.77. The average Bonchev–Trinajstić information content (AvgIpc) is 3.20. The first-order valence-electron chi connectivity index (χ1n) is 12.1. The molecule has 1 aromatic heterocycles. The van der Waals surface area contributed by atoms with E-state index < -0.39 is 11.7 Å². The Morgan fingerprint density at radius 3 is 2.46 bits per heavy atom. The van der Waals surface area contributed by atoms with Gasteiger partial charge in [0.15, 0.2) is 0 Å². The van der Waals surface area contributed by atoms with Gasteiger partial charge in [-0.25, -0.2) is 9.37 Å². The number of nitrogens with zero attached hydrogens (tertiary/aromatic N) is 3. The van der Waals surface area contributed by atoms with Gasteiger partial charge in [-0.3, -0.25) is 4.79 Å². The van der Waals surface area contributed by atoms with Gasteiger partial charge in [0, 0.05) is 50.5 Å². The molecule has 0 spiro atoms. The highest BCUT2D eigenvalue weighted by atomic mass is 19.1. The van der Waals surface area contributed by atoms with Gasteiger partial charge in [0.25, 0.3) is 5.91 Å². The third kappa shape index (κ3) is 5.20. The minimum Gasteiger partial charge on any atom is -0.371 e. The standard InChI is InChI=1S/C28H30FN5O/c1-33-26-9-5-4-8-25(26)32-27(33)14-17-30-20-15-18-34(19-16-20)22-12-10-21(11-13-22)31-28(35)23-6-2-3-7-24(23)29/h2-13,20,30H,14-19H2,1H3,(H,31,35). The molecule has 3 aromatic carbocycles. The van der Waals surface area contributed by atoms with Crippen molar-refractivity contribution >= 4 is 28.3 Å². The Hall–Kier alpha value is -3.71. The van der Waals surface area contributed by atoms with Gasteiger partial charge in [0.05, 0.1) is 16.6 Å². The minimum atomic E-state index is -0.522. The van der Waals surface area contributed by atoms with Gasteiger partial charge in [-0.05, 0) is 61.4 Å². The number of rotatable bonds is 7. The second-order valence-electron chi connectivity index (χ2n) is 9.02. The van der Waals surface area contributed by atoms with Crippen molar-refractivity contribution in [2.75, 3.05) is 29.9 Å². The number of para-hydroxylation sites is 2. The number of fused-ring (bicyclic) bond motifs is 1. The van der Waals surface area contributed by atoms with Gasteiger partial charge in [-0.1, -0.05) is 24.3 Å². The maximum absolute atomic E-state index is 13.8. The number of hydrogen-bond donors (Lipinski definition) is 2. The van der Waals surface area contributed by atoms with Crippen LogP contribution >= 0.6 is 0 Å². The normalized spacial score (nSPS) is 14.4. The van der Waals surface area contributed by atoms with Crippen LogP contribution in [0.25, 0.3) is 11.0 Å². The Kier molecular flexibility index (Phi) is 6.77. The molecule has 2 heterocycles. The van der Waals surface area contributed by atoms with E-state index in [0.29, 0.717) is 11.7 Å². The van der Waals surface area contributed by atoms with Crippen LogP contribution in [0.4, 0.5) is 15.8 Å². The first-order chi connectivity index (χ1) is 17.1. The average molecular weight is 472 g/mol. The van der Waals surface area contributed by atoms with Crippen molar-refractivity contribution in [3.63, 3.8) is 0 Å². The van der Waals surface area contributed by atoms with E-state index in [4.69, 9.17) is 4.98 Å². The molecule has 1 aliphatic rings. The summed E-state index contributed by atoms with van der Waals surface area (Å²) in [4.78, 5) is 19.5. The number of piperidine rings is 1. The number of carbonyl (C=O) groups excluding carboxylic acids is 1. The summed E-state index contributed by atoms with van der Waals surface area (Å²) in [6, 6.07) is 22.5. The van der Waals surface area contributed by atoms with Crippen molar-refractivity contribution in [3.05, 3.63) is 90.0 Å². The molecule has 180 valence electrons. The Morgan fingerprint density at radius 2 is 1.71 bits per heavy atom. The van der Waals surface area contributed by atoms with Crippen molar-refractivity contribution < 1.29 is 9.18 Å². The van der Waals surface area contributed by atoms with E-state index in [1.54, 1.807) is 12.1 Å². The zero-order chi connectivity index (χ0) is 24.2. The van der Waals surface area contributed by atoms with Gasteiger partial charge in [0.1, 0.15) is 11.6 Å². The number of aryl methyl sites for hydroxylation is 1. The summed E-state index contributed by atoms with van der Waals surface area (Å²) in [5.74, 6) is 0.145. The molecule has 0 unspecified atom stereocenters. The van der Waals surface area contributed by atoms with Gasteiger partial charge in [-0.15, -0.1) is 0 Å². The van der Waals surface area contributed by atoms with Gasteiger partial charge in [0.2, 0.25) is 0 Å². The molecule has 7 heteroatoms. The van der Waals surface area contributed by atoms with Gasteiger partial charge in [-0.2, -0.15) is 0 Å². The van der Waals surface area contributed by atoms with E-state index in [9.17, 15) is 9.18 Å². The number of aromatic nitrogens is 2. The highest BCUT2D eigenvalue weighted by Gasteiger charge is 2.19. The van der Waals surface area contributed by atoms with Crippen LogP contribution in [0.1, 0.15) is 29.0 Å². The minimum absolute atomic E-state index is 0.0438. The molecular formula is C28H30FN5O. The number of anilines is 2. The summed E-state index contributed by atoms with van der Waals surface area (Å²) < 4.78 is 16.0. The number of hydrogen-bond acceptors (Lipinski definition) is 4. The molecule has 6 nitrogen and oxygen atoms in total. The number of carbonyl (C=O) groups is 1. The van der Waals surface area contributed by atoms with E-state index in [1.807, 2.05) is 30.3 Å². The van der Waals surface area contributed by atoms with Gasteiger partial charge < -0.3 is 20.1 Å². The first-order valence-corrected chi connectivity index (χ1v) is 12.1. The number of halogens is 1. The lowest BCUT2D eigenvalue weighted by atomic mass is 10.0. The Balaban J connectivity index is 1.09. The molecule has 0 atom stereocenters. The molecule has 5 rings (SSSR count). The van der Waals surface area contributed by atoms with E-state index in [0.717, 1.165) is 55.9 Å².